The molecule has 0 bridgehead atoms. The number of hydrogen-bond donors (Lipinski definition) is 1. The number of benzene rings is 2. The van der Waals surface area contributed by atoms with Crippen LogP contribution in [0.15, 0.2) is 46.9 Å². The maximum absolute atomic E-state index is 12.2. The van der Waals surface area contributed by atoms with Crippen molar-refractivity contribution in [3.63, 3.8) is 0 Å². The van der Waals surface area contributed by atoms with Crippen molar-refractivity contribution in [3.8, 4) is 11.5 Å². The summed E-state index contributed by atoms with van der Waals surface area (Å²) in [5, 5.41) is 3.58. The minimum Gasteiger partial charge on any atom is -0.497 e. The van der Waals surface area contributed by atoms with Crippen LogP contribution in [0.4, 0.5) is 0 Å². The Morgan fingerprint density at radius 2 is 1.96 bits per heavy atom. The Labute approximate surface area is 155 Å². The average molecular weight is 413 g/mol. The van der Waals surface area contributed by atoms with Crippen LogP contribution in [0, 0.1) is 0 Å². The number of halogens is 2. The Balaban J connectivity index is 1.93. The van der Waals surface area contributed by atoms with Gasteiger partial charge in [-0.25, -0.2) is 0 Å². The molecule has 1 amide bonds. The zero-order chi connectivity index (χ0) is 17.5. The van der Waals surface area contributed by atoms with Crippen LogP contribution in [0.3, 0.4) is 0 Å². The molecule has 0 aromatic heterocycles. The summed E-state index contributed by atoms with van der Waals surface area (Å²) in [4.78, 5) is 12.2. The van der Waals surface area contributed by atoms with E-state index in [1.165, 1.54) is 0 Å². The van der Waals surface area contributed by atoms with Crippen molar-refractivity contribution in [2.45, 2.75) is 19.4 Å². The maximum atomic E-state index is 12.2. The summed E-state index contributed by atoms with van der Waals surface area (Å²) in [5.41, 5.74) is 1.03. The van der Waals surface area contributed by atoms with E-state index in [2.05, 4.69) is 21.2 Å². The van der Waals surface area contributed by atoms with E-state index in [0.717, 1.165) is 17.7 Å². The van der Waals surface area contributed by atoms with Gasteiger partial charge in [0.2, 0.25) is 0 Å². The molecule has 0 radical (unpaired) electrons. The zero-order valence-electron chi connectivity index (χ0n) is 13.5. The highest BCUT2D eigenvalue weighted by Crippen LogP contribution is 2.28. The molecular weight excluding hydrogens is 394 g/mol. The van der Waals surface area contributed by atoms with Gasteiger partial charge in [-0.2, -0.15) is 0 Å². The van der Waals surface area contributed by atoms with E-state index >= 15 is 0 Å². The first-order valence-electron chi connectivity index (χ1n) is 7.54. The lowest BCUT2D eigenvalue weighted by molar-refractivity contribution is -0.123. The van der Waals surface area contributed by atoms with Crippen LogP contribution in [0.5, 0.6) is 11.5 Å². The Kier molecular flexibility index (Phi) is 6.94. The quantitative estimate of drug-likeness (QED) is 0.713. The number of methoxy groups -OCH3 is 1. The predicted octanol–water partition coefficient (Wildman–Crippen LogP) is 4.76. The molecule has 2 aromatic rings. The number of ether oxygens (including phenoxy) is 2. The molecule has 2 aromatic carbocycles. The SMILES string of the molecule is CCC(NC(=O)COc1ccc(Cl)cc1Br)c1ccc(OC)cc1. The van der Waals surface area contributed by atoms with Gasteiger partial charge in [0.1, 0.15) is 11.5 Å². The second-order valence-corrected chi connectivity index (χ2v) is 6.46. The second-order valence-electron chi connectivity index (χ2n) is 5.16. The van der Waals surface area contributed by atoms with Gasteiger partial charge in [0.25, 0.3) is 5.91 Å². The third kappa shape index (κ3) is 5.14. The number of amides is 1. The smallest absolute Gasteiger partial charge is 0.258 e. The van der Waals surface area contributed by atoms with Gasteiger partial charge in [0.15, 0.2) is 6.61 Å². The number of rotatable bonds is 7. The third-order valence-electron chi connectivity index (χ3n) is 3.51. The molecule has 0 aliphatic rings. The summed E-state index contributed by atoms with van der Waals surface area (Å²) >= 11 is 9.24. The molecule has 0 saturated carbocycles. The summed E-state index contributed by atoms with van der Waals surface area (Å²) in [6.45, 7) is 1.96. The molecular formula is C18H19BrClNO3. The molecule has 1 unspecified atom stereocenters. The van der Waals surface area contributed by atoms with Crippen molar-refractivity contribution in [2.24, 2.45) is 0 Å². The Bertz CT molecular complexity index is 691. The first-order valence-corrected chi connectivity index (χ1v) is 8.71. The van der Waals surface area contributed by atoms with E-state index in [4.69, 9.17) is 21.1 Å². The molecule has 0 saturated heterocycles. The minimum atomic E-state index is -0.181. The summed E-state index contributed by atoms with van der Waals surface area (Å²) in [6, 6.07) is 12.7. The predicted molar refractivity (Wildman–Crippen MR) is 98.8 cm³/mol. The van der Waals surface area contributed by atoms with Crippen molar-refractivity contribution in [2.75, 3.05) is 13.7 Å². The molecule has 128 valence electrons. The lowest BCUT2D eigenvalue weighted by Crippen LogP contribution is -2.32. The van der Waals surface area contributed by atoms with Crippen LogP contribution in [0.1, 0.15) is 24.9 Å². The normalized spacial score (nSPS) is 11.7. The molecule has 6 heteroatoms. The van der Waals surface area contributed by atoms with Crippen LogP contribution in [0.25, 0.3) is 0 Å². The van der Waals surface area contributed by atoms with Gasteiger partial charge < -0.3 is 14.8 Å². The number of carbonyl (C=O) groups is 1. The van der Waals surface area contributed by atoms with Crippen molar-refractivity contribution in [3.05, 3.63) is 57.5 Å². The molecule has 1 N–H and O–H groups in total. The Morgan fingerprint density at radius 1 is 1.25 bits per heavy atom. The first kappa shape index (κ1) is 18.6. The van der Waals surface area contributed by atoms with Crippen molar-refractivity contribution in [1.29, 1.82) is 0 Å². The van der Waals surface area contributed by atoms with Crippen LogP contribution in [-0.4, -0.2) is 19.6 Å². The number of carbonyl (C=O) groups excluding carboxylic acids is 1. The van der Waals surface area contributed by atoms with E-state index in [9.17, 15) is 4.79 Å². The minimum absolute atomic E-state index is 0.0626. The van der Waals surface area contributed by atoms with E-state index in [-0.39, 0.29) is 18.6 Å². The fourth-order valence-electron chi connectivity index (χ4n) is 2.23. The highest BCUT2D eigenvalue weighted by Gasteiger charge is 2.14. The zero-order valence-corrected chi connectivity index (χ0v) is 15.9. The van der Waals surface area contributed by atoms with Gasteiger partial charge in [0.05, 0.1) is 17.6 Å². The van der Waals surface area contributed by atoms with Crippen LogP contribution >= 0.6 is 27.5 Å². The average Bonchev–Trinajstić information content (AvgIpc) is 2.59. The van der Waals surface area contributed by atoms with Crippen LogP contribution in [0.2, 0.25) is 5.02 Å². The summed E-state index contributed by atoms with van der Waals surface area (Å²) in [5.74, 6) is 1.18. The molecule has 0 spiro atoms. The van der Waals surface area contributed by atoms with Gasteiger partial charge in [-0.3, -0.25) is 4.79 Å². The number of nitrogens with one attached hydrogen (secondary N) is 1. The Hall–Kier alpha value is -1.72. The largest absolute Gasteiger partial charge is 0.497 e. The molecule has 1 atom stereocenters. The van der Waals surface area contributed by atoms with E-state index in [0.29, 0.717) is 15.2 Å². The third-order valence-corrected chi connectivity index (χ3v) is 4.37. The molecule has 2 rings (SSSR count). The molecule has 0 aliphatic carbocycles. The van der Waals surface area contributed by atoms with Gasteiger partial charge in [-0.1, -0.05) is 30.7 Å². The Morgan fingerprint density at radius 3 is 2.54 bits per heavy atom. The maximum Gasteiger partial charge on any atom is 0.258 e. The fourth-order valence-corrected chi connectivity index (χ4v) is 3.03. The molecule has 0 heterocycles. The lowest BCUT2D eigenvalue weighted by atomic mass is 10.0. The lowest BCUT2D eigenvalue weighted by Gasteiger charge is -2.18. The summed E-state index contributed by atoms with van der Waals surface area (Å²) in [7, 11) is 1.63. The van der Waals surface area contributed by atoms with Crippen LogP contribution < -0.4 is 14.8 Å². The molecule has 24 heavy (non-hydrogen) atoms. The summed E-state index contributed by atoms with van der Waals surface area (Å²) < 4.78 is 11.4. The molecule has 0 aliphatic heterocycles. The standard InChI is InChI=1S/C18H19BrClNO3/c1-3-16(12-4-7-14(23-2)8-5-12)21-18(22)11-24-17-9-6-13(20)10-15(17)19/h4-10,16H,3,11H2,1-2H3,(H,21,22). The number of hydrogen-bond acceptors (Lipinski definition) is 3. The van der Waals surface area contributed by atoms with E-state index in [1.54, 1.807) is 25.3 Å². The fraction of sp³-hybridized carbons (Fsp3) is 0.278. The highest BCUT2D eigenvalue weighted by atomic mass is 79.9. The van der Waals surface area contributed by atoms with Crippen LogP contribution in [-0.2, 0) is 4.79 Å². The monoisotopic (exact) mass is 411 g/mol. The van der Waals surface area contributed by atoms with Gasteiger partial charge >= 0.3 is 0 Å². The van der Waals surface area contributed by atoms with Gasteiger partial charge in [-0.05, 0) is 58.2 Å². The summed E-state index contributed by atoms with van der Waals surface area (Å²) in [6.07, 6.45) is 0.780. The van der Waals surface area contributed by atoms with Gasteiger partial charge in [0, 0.05) is 5.02 Å². The van der Waals surface area contributed by atoms with Crippen molar-refractivity contribution < 1.29 is 14.3 Å². The van der Waals surface area contributed by atoms with E-state index < -0.39 is 0 Å². The van der Waals surface area contributed by atoms with Gasteiger partial charge in [-0.15, -0.1) is 0 Å². The first-order chi connectivity index (χ1) is 11.5. The molecule has 0 fully saturated rings. The molecule has 4 nitrogen and oxygen atoms in total. The van der Waals surface area contributed by atoms with E-state index in [1.807, 2.05) is 31.2 Å². The van der Waals surface area contributed by atoms with Crippen molar-refractivity contribution in [1.82, 2.24) is 5.32 Å². The topological polar surface area (TPSA) is 47.6 Å². The highest BCUT2D eigenvalue weighted by molar-refractivity contribution is 9.10. The second kappa shape index (κ2) is 8.94. The van der Waals surface area contributed by atoms with Crippen molar-refractivity contribution >= 4 is 33.4 Å².